The zero-order valence-corrected chi connectivity index (χ0v) is 9.80. The first-order chi connectivity index (χ1) is 7.77. The number of nitriles is 1. The molecule has 0 unspecified atom stereocenters. The van der Waals surface area contributed by atoms with E-state index in [0.717, 1.165) is 29.0 Å². The van der Waals surface area contributed by atoms with Crippen LogP contribution in [0.1, 0.15) is 23.8 Å². The van der Waals surface area contributed by atoms with E-state index in [-0.39, 0.29) is 0 Å². The van der Waals surface area contributed by atoms with Crippen molar-refractivity contribution < 1.29 is 4.42 Å². The standard InChI is InChI=1S/C12H12N2OS/c1-2-4-8-11(14)10(7-13)16-12(8)9-5-3-6-15-9/h3,5-6H,2,4,14H2,1H3. The van der Waals surface area contributed by atoms with Gasteiger partial charge < -0.3 is 10.2 Å². The largest absolute Gasteiger partial charge is 0.464 e. The molecule has 0 amide bonds. The van der Waals surface area contributed by atoms with Gasteiger partial charge in [0.1, 0.15) is 16.7 Å². The quantitative estimate of drug-likeness (QED) is 0.881. The van der Waals surface area contributed by atoms with Gasteiger partial charge in [-0.3, -0.25) is 0 Å². The molecule has 0 radical (unpaired) electrons. The lowest BCUT2D eigenvalue weighted by molar-refractivity contribution is 0.583. The van der Waals surface area contributed by atoms with Crippen LogP contribution in [0.4, 0.5) is 5.69 Å². The number of hydrogen-bond donors (Lipinski definition) is 1. The van der Waals surface area contributed by atoms with E-state index in [9.17, 15) is 0 Å². The maximum atomic E-state index is 8.97. The molecule has 2 aromatic heterocycles. The topological polar surface area (TPSA) is 63.0 Å². The second kappa shape index (κ2) is 4.42. The smallest absolute Gasteiger partial charge is 0.144 e. The summed E-state index contributed by atoms with van der Waals surface area (Å²) in [7, 11) is 0. The maximum Gasteiger partial charge on any atom is 0.144 e. The van der Waals surface area contributed by atoms with Crippen LogP contribution >= 0.6 is 11.3 Å². The number of nitrogen functional groups attached to an aromatic ring is 1. The minimum absolute atomic E-state index is 0.579. The Morgan fingerprint density at radius 3 is 2.94 bits per heavy atom. The summed E-state index contributed by atoms with van der Waals surface area (Å²) in [5.41, 5.74) is 7.61. The van der Waals surface area contributed by atoms with E-state index in [1.54, 1.807) is 6.26 Å². The van der Waals surface area contributed by atoms with Gasteiger partial charge >= 0.3 is 0 Å². The molecule has 0 saturated heterocycles. The van der Waals surface area contributed by atoms with E-state index in [4.69, 9.17) is 15.4 Å². The molecule has 4 heteroatoms. The van der Waals surface area contributed by atoms with Crippen molar-refractivity contribution in [3.05, 3.63) is 28.8 Å². The van der Waals surface area contributed by atoms with Crippen LogP contribution in [0, 0.1) is 11.3 Å². The molecule has 0 aliphatic rings. The molecule has 82 valence electrons. The molecule has 0 aliphatic carbocycles. The lowest BCUT2D eigenvalue weighted by Crippen LogP contribution is -1.92. The van der Waals surface area contributed by atoms with Gasteiger partial charge in [-0.05, 0) is 24.1 Å². The van der Waals surface area contributed by atoms with Gasteiger partial charge in [0.05, 0.1) is 16.8 Å². The molecule has 0 aromatic carbocycles. The zero-order valence-electron chi connectivity index (χ0n) is 8.99. The Morgan fingerprint density at radius 2 is 2.38 bits per heavy atom. The predicted molar refractivity (Wildman–Crippen MR) is 65.1 cm³/mol. The second-order valence-electron chi connectivity index (χ2n) is 3.49. The van der Waals surface area contributed by atoms with Gasteiger partial charge in [0, 0.05) is 0 Å². The van der Waals surface area contributed by atoms with Crippen molar-refractivity contribution in [3.8, 4) is 16.7 Å². The number of rotatable bonds is 3. The highest BCUT2D eigenvalue weighted by Crippen LogP contribution is 2.39. The van der Waals surface area contributed by atoms with Crippen LogP contribution < -0.4 is 5.73 Å². The van der Waals surface area contributed by atoms with E-state index in [1.807, 2.05) is 12.1 Å². The molecular weight excluding hydrogens is 220 g/mol. The van der Waals surface area contributed by atoms with Crippen LogP contribution in [0.15, 0.2) is 22.8 Å². The number of thiophene rings is 1. The summed E-state index contributed by atoms with van der Waals surface area (Å²) in [4.78, 5) is 1.57. The van der Waals surface area contributed by atoms with Crippen LogP contribution in [-0.4, -0.2) is 0 Å². The zero-order chi connectivity index (χ0) is 11.5. The predicted octanol–water partition coefficient (Wildman–Crippen LogP) is 3.41. The maximum absolute atomic E-state index is 8.97. The number of furan rings is 1. The van der Waals surface area contributed by atoms with Crippen molar-refractivity contribution in [2.24, 2.45) is 0 Å². The molecule has 2 heterocycles. The van der Waals surface area contributed by atoms with Crippen LogP contribution in [0.3, 0.4) is 0 Å². The fourth-order valence-electron chi connectivity index (χ4n) is 1.67. The van der Waals surface area contributed by atoms with Gasteiger partial charge in [-0.2, -0.15) is 5.26 Å². The van der Waals surface area contributed by atoms with Gasteiger partial charge in [-0.1, -0.05) is 13.3 Å². The first-order valence-electron chi connectivity index (χ1n) is 5.13. The molecule has 0 atom stereocenters. The van der Waals surface area contributed by atoms with Gasteiger partial charge in [-0.15, -0.1) is 11.3 Å². The summed E-state index contributed by atoms with van der Waals surface area (Å²) < 4.78 is 5.36. The van der Waals surface area contributed by atoms with Gasteiger partial charge in [-0.25, -0.2) is 0 Å². The Hall–Kier alpha value is -1.73. The van der Waals surface area contributed by atoms with E-state index in [2.05, 4.69) is 13.0 Å². The Labute approximate surface area is 98.1 Å². The molecular formula is C12H12N2OS. The van der Waals surface area contributed by atoms with Crippen LogP contribution in [0.5, 0.6) is 0 Å². The van der Waals surface area contributed by atoms with Crippen molar-refractivity contribution in [2.45, 2.75) is 19.8 Å². The molecule has 2 rings (SSSR count). The Balaban J connectivity index is 2.56. The van der Waals surface area contributed by atoms with E-state index in [1.165, 1.54) is 11.3 Å². The van der Waals surface area contributed by atoms with Gasteiger partial charge in [0.25, 0.3) is 0 Å². The van der Waals surface area contributed by atoms with Crippen LogP contribution in [-0.2, 0) is 6.42 Å². The molecule has 0 spiro atoms. The van der Waals surface area contributed by atoms with Gasteiger partial charge in [0.2, 0.25) is 0 Å². The third kappa shape index (κ3) is 1.70. The summed E-state index contributed by atoms with van der Waals surface area (Å²) in [6.45, 7) is 2.09. The highest BCUT2D eigenvalue weighted by molar-refractivity contribution is 7.16. The summed E-state index contributed by atoms with van der Waals surface area (Å²) in [6, 6.07) is 5.86. The average Bonchev–Trinajstić information content (AvgIpc) is 2.89. The normalized spacial score (nSPS) is 10.2. The lowest BCUT2D eigenvalue weighted by Gasteiger charge is -2.00. The third-order valence-electron chi connectivity index (χ3n) is 2.39. The van der Waals surface area contributed by atoms with E-state index >= 15 is 0 Å². The fraction of sp³-hybridized carbons (Fsp3) is 0.250. The molecule has 2 aromatic rings. The minimum atomic E-state index is 0.579. The molecule has 16 heavy (non-hydrogen) atoms. The first-order valence-corrected chi connectivity index (χ1v) is 5.94. The number of hydrogen-bond acceptors (Lipinski definition) is 4. The van der Waals surface area contributed by atoms with E-state index < -0.39 is 0 Å². The van der Waals surface area contributed by atoms with Crippen LogP contribution in [0.2, 0.25) is 0 Å². The number of nitrogens with two attached hydrogens (primary N) is 1. The SMILES string of the molecule is CCCc1c(-c2ccco2)sc(C#N)c1N. The summed E-state index contributed by atoms with van der Waals surface area (Å²) in [6.07, 6.45) is 3.51. The fourth-order valence-corrected chi connectivity index (χ4v) is 2.70. The molecule has 3 nitrogen and oxygen atoms in total. The van der Waals surface area contributed by atoms with Crippen LogP contribution in [0.25, 0.3) is 10.6 Å². The molecule has 0 aliphatic heterocycles. The Morgan fingerprint density at radius 1 is 1.56 bits per heavy atom. The third-order valence-corrected chi connectivity index (χ3v) is 3.56. The first kappa shape index (κ1) is 10.8. The second-order valence-corrected chi connectivity index (χ2v) is 4.51. The molecule has 0 saturated carbocycles. The minimum Gasteiger partial charge on any atom is -0.464 e. The summed E-state index contributed by atoms with van der Waals surface area (Å²) in [5, 5.41) is 8.97. The summed E-state index contributed by atoms with van der Waals surface area (Å²) in [5.74, 6) is 0.793. The van der Waals surface area contributed by atoms with Crippen molar-refractivity contribution >= 4 is 17.0 Å². The van der Waals surface area contributed by atoms with Crippen molar-refractivity contribution in [1.29, 1.82) is 5.26 Å². The van der Waals surface area contributed by atoms with E-state index in [0.29, 0.717) is 10.6 Å². The highest BCUT2D eigenvalue weighted by atomic mass is 32.1. The van der Waals surface area contributed by atoms with Crippen molar-refractivity contribution in [1.82, 2.24) is 0 Å². The Kier molecular flexibility index (Phi) is 2.97. The lowest BCUT2D eigenvalue weighted by atomic mass is 10.1. The number of anilines is 1. The highest BCUT2D eigenvalue weighted by Gasteiger charge is 2.17. The Bertz CT molecular complexity index is 520. The van der Waals surface area contributed by atoms with Crippen molar-refractivity contribution in [2.75, 3.05) is 5.73 Å². The summed E-state index contributed by atoms with van der Waals surface area (Å²) >= 11 is 1.40. The number of nitrogens with zero attached hydrogens (tertiary/aromatic N) is 1. The molecule has 2 N–H and O–H groups in total. The van der Waals surface area contributed by atoms with Gasteiger partial charge in [0.15, 0.2) is 0 Å². The molecule has 0 bridgehead atoms. The average molecular weight is 232 g/mol. The monoisotopic (exact) mass is 232 g/mol. The molecule has 0 fully saturated rings. The van der Waals surface area contributed by atoms with Crippen molar-refractivity contribution in [3.63, 3.8) is 0 Å².